The Hall–Kier alpha value is -3.45. The van der Waals surface area contributed by atoms with E-state index in [1.165, 1.54) is 23.5 Å². The minimum Gasteiger partial charge on any atom is -0.289 e. The van der Waals surface area contributed by atoms with Crippen molar-refractivity contribution in [3.05, 3.63) is 86.6 Å². The molecule has 2 heterocycles. The Morgan fingerprint density at radius 3 is 2.64 bits per heavy atom. The van der Waals surface area contributed by atoms with Crippen LogP contribution in [0.2, 0.25) is 0 Å². The van der Waals surface area contributed by atoms with Crippen LogP contribution in [0.15, 0.2) is 65.2 Å². The summed E-state index contributed by atoms with van der Waals surface area (Å²) in [5.41, 5.74) is 3.58. The third-order valence-corrected chi connectivity index (χ3v) is 5.28. The molecule has 0 N–H and O–H groups in total. The molecular formula is C21H15N3O3S. The third-order valence-electron chi connectivity index (χ3n) is 4.40. The van der Waals surface area contributed by atoms with Gasteiger partial charge in [0.15, 0.2) is 5.78 Å². The van der Waals surface area contributed by atoms with Crippen LogP contribution < -0.4 is 0 Å². The number of thiazole rings is 1. The van der Waals surface area contributed by atoms with E-state index in [1.807, 2.05) is 29.7 Å². The van der Waals surface area contributed by atoms with E-state index in [9.17, 15) is 14.9 Å². The molecule has 28 heavy (non-hydrogen) atoms. The Bertz CT molecular complexity index is 1120. The number of rotatable bonds is 4. The monoisotopic (exact) mass is 389 g/mol. The van der Waals surface area contributed by atoms with Crippen molar-refractivity contribution in [2.45, 2.75) is 12.8 Å². The molecule has 3 aromatic rings. The molecule has 0 aliphatic heterocycles. The first-order chi connectivity index (χ1) is 13.6. The molecule has 0 saturated heterocycles. The molecule has 0 amide bonds. The molecule has 0 bridgehead atoms. The highest BCUT2D eigenvalue weighted by Crippen LogP contribution is 2.31. The molecule has 6 nitrogen and oxygen atoms in total. The summed E-state index contributed by atoms with van der Waals surface area (Å²) in [6, 6.07) is 12.0. The lowest BCUT2D eigenvalue weighted by Crippen LogP contribution is -1.96. The smallest absolute Gasteiger partial charge is 0.270 e. The van der Waals surface area contributed by atoms with Gasteiger partial charge < -0.3 is 0 Å². The Morgan fingerprint density at radius 2 is 1.89 bits per heavy atom. The second-order valence-electron chi connectivity index (χ2n) is 6.31. The molecule has 0 unspecified atom stereocenters. The van der Waals surface area contributed by atoms with Crippen LogP contribution in [0.25, 0.3) is 22.9 Å². The summed E-state index contributed by atoms with van der Waals surface area (Å²) in [5.74, 6) is -0.0288. The molecule has 138 valence electrons. The van der Waals surface area contributed by atoms with E-state index in [2.05, 4.69) is 9.97 Å². The van der Waals surface area contributed by atoms with Crippen molar-refractivity contribution in [1.82, 2.24) is 9.97 Å². The minimum absolute atomic E-state index is 0.0140. The number of nitrogens with zero attached hydrogens (tertiary/aromatic N) is 3. The zero-order valence-electron chi connectivity index (χ0n) is 14.7. The summed E-state index contributed by atoms with van der Waals surface area (Å²) in [4.78, 5) is 32.0. The zero-order chi connectivity index (χ0) is 19.5. The number of hydrogen-bond acceptors (Lipinski definition) is 6. The summed E-state index contributed by atoms with van der Waals surface area (Å²) in [6.07, 6.45) is 6.52. The first-order valence-electron chi connectivity index (χ1n) is 8.67. The Kier molecular flexibility index (Phi) is 4.90. The highest BCUT2D eigenvalue weighted by Gasteiger charge is 2.23. The fourth-order valence-corrected chi connectivity index (χ4v) is 3.80. The van der Waals surface area contributed by atoms with Gasteiger partial charge in [0.1, 0.15) is 5.01 Å². The molecule has 7 heteroatoms. The van der Waals surface area contributed by atoms with Gasteiger partial charge in [0.05, 0.1) is 16.3 Å². The lowest BCUT2D eigenvalue weighted by atomic mass is 10.1. The van der Waals surface area contributed by atoms with Gasteiger partial charge >= 0.3 is 0 Å². The average Bonchev–Trinajstić information content (AvgIpc) is 3.31. The maximum atomic E-state index is 12.7. The highest BCUT2D eigenvalue weighted by atomic mass is 32.1. The number of hydrogen-bond donors (Lipinski definition) is 0. The number of Topliss-reactive ketones (excluding diaryl/α,β-unsaturated/α-hetero) is 1. The number of carbonyl (C=O) groups excluding carboxylic acids is 1. The number of benzene rings is 1. The quantitative estimate of drug-likeness (QED) is 0.358. The first kappa shape index (κ1) is 17.9. The highest BCUT2D eigenvalue weighted by molar-refractivity contribution is 7.13. The summed E-state index contributed by atoms with van der Waals surface area (Å²) < 4.78 is 0. The van der Waals surface area contributed by atoms with Gasteiger partial charge in [-0.1, -0.05) is 18.2 Å². The molecule has 0 radical (unpaired) electrons. The molecular weight excluding hydrogens is 374 g/mol. The van der Waals surface area contributed by atoms with Crippen LogP contribution in [-0.4, -0.2) is 20.7 Å². The van der Waals surface area contributed by atoms with Crippen LogP contribution in [0.4, 0.5) is 5.69 Å². The third kappa shape index (κ3) is 3.79. The van der Waals surface area contributed by atoms with Gasteiger partial charge in [0, 0.05) is 34.9 Å². The van der Waals surface area contributed by atoms with Crippen molar-refractivity contribution in [1.29, 1.82) is 0 Å². The predicted octanol–water partition coefficient (Wildman–Crippen LogP) is 4.94. The maximum Gasteiger partial charge on any atom is 0.270 e. The number of pyridine rings is 1. The van der Waals surface area contributed by atoms with Gasteiger partial charge in [-0.25, -0.2) is 4.98 Å². The van der Waals surface area contributed by atoms with Crippen molar-refractivity contribution < 1.29 is 9.72 Å². The summed E-state index contributed by atoms with van der Waals surface area (Å²) in [7, 11) is 0. The molecule has 1 aliphatic carbocycles. The molecule has 4 rings (SSSR count). The number of aromatic nitrogens is 2. The number of nitro benzene ring substituents is 1. The van der Waals surface area contributed by atoms with Crippen LogP contribution in [-0.2, 0) is 4.79 Å². The fraction of sp³-hybridized carbons (Fsp3) is 0.0952. The van der Waals surface area contributed by atoms with Gasteiger partial charge in [-0.15, -0.1) is 11.3 Å². The summed E-state index contributed by atoms with van der Waals surface area (Å²) >= 11 is 1.49. The number of allylic oxidation sites excluding steroid dienone is 2. The van der Waals surface area contributed by atoms with Gasteiger partial charge in [0.2, 0.25) is 0 Å². The van der Waals surface area contributed by atoms with Crippen LogP contribution in [0.1, 0.15) is 24.1 Å². The van der Waals surface area contributed by atoms with E-state index < -0.39 is 4.92 Å². The van der Waals surface area contributed by atoms with Crippen molar-refractivity contribution in [2.24, 2.45) is 0 Å². The number of carbonyl (C=O) groups is 1. The van der Waals surface area contributed by atoms with E-state index in [0.717, 1.165) is 16.4 Å². The van der Waals surface area contributed by atoms with E-state index in [4.69, 9.17) is 0 Å². The SMILES string of the molecule is O=C1C(=Cc2cccc([N+](=O)[O-])c2)CCC1=Cc1csc(-c2ccccn2)n1. The molecule has 1 fully saturated rings. The van der Waals surface area contributed by atoms with Crippen LogP contribution in [0.5, 0.6) is 0 Å². The van der Waals surface area contributed by atoms with Crippen LogP contribution in [0, 0.1) is 10.1 Å². The molecule has 1 aliphatic rings. The predicted molar refractivity (Wildman–Crippen MR) is 109 cm³/mol. The molecule has 2 aromatic heterocycles. The topological polar surface area (TPSA) is 86.0 Å². The molecule has 1 saturated carbocycles. The molecule has 1 aromatic carbocycles. The van der Waals surface area contributed by atoms with Crippen molar-refractivity contribution >= 4 is 35.0 Å². The number of non-ortho nitro benzene ring substituents is 1. The summed E-state index contributed by atoms with van der Waals surface area (Å²) in [6.45, 7) is 0. The standard InChI is InChI=1S/C21H15N3O3S/c25-20-15(10-14-4-3-5-18(11-14)24(26)27)7-8-16(20)12-17-13-28-21(23-17)19-6-1-2-9-22-19/h1-6,9-13H,7-8H2. The van der Waals surface area contributed by atoms with Crippen LogP contribution >= 0.6 is 11.3 Å². The lowest BCUT2D eigenvalue weighted by Gasteiger charge is -1.97. The largest absolute Gasteiger partial charge is 0.289 e. The van der Waals surface area contributed by atoms with E-state index in [-0.39, 0.29) is 11.5 Å². The Labute approximate surface area is 165 Å². The minimum atomic E-state index is -0.439. The van der Waals surface area contributed by atoms with Crippen LogP contribution in [0.3, 0.4) is 0 Å². The lowest BCUT2D eigenvalue weighted by molar-refractivity contribution is -0.384. The van der Waals surface area contributed by atoms with Gasteiger partial charge in [-0.05, 0) is 42.7 Å². The zero-order valence-corrected chi connectivity index (χ0v) is 15.6. The Balaban J connectivity index is 1.55. The second-order valence-corrected chi connectivity index (χ2v) is 7.17. The van der Waals surface area contributed by atoms with E-state index in [1.54, 1.807) is 24.4 Å². The summed E-state index contributed by atoms with van der Waals surface area (Å²) in [5, 5.41) is 13.6. The van der Waals surface area contributed by atoms with Gasteiger partial charge in [0.25, 0.3) is 5.69 Å². The second kappa shape index (κ2) is 7.66. The molecule has 0 spiro atoms. The van der Waals surface area contributed by atoms with Crippen molar-refractivity contribution in [2.75, 3.05) is 0 Å². The van der Waals surface area contributed by atoms with Gasteiger partial charge in [-0.2, -0.15) is 0 Å². The maximum absolute atomic E-state index is 12.7. The Morgan fingerprint density at radius 1 is 1.07 bits per heavy atom. The van der Waals surface area contributed by atoms with E-state index >= 15 is 0 Å². The normalized spacial score (nSPS) is 16.8. The first-order valence-corrected chi connectivity index (χ1v) is 9.55. The van der Waals surface area contributed by atoms with Crippen molar-refractivity contribution in [3.63, 3.8) is 0 Å². The average molecular weight is 389 g/mol. The molecule has 0 atom stereocenters. The number of ketones is 1. The van der Waals surface area contributed by atoms with E-state index in [0.29, 0.717) is 29.6 Å². The van der Waals surface area contributed by atoms with Crippen molar-refractivity contribution in [3.8, 4) is 10.7 Å². The fourth-order valence-electron chi connectivity index (χ4n) is 3.05. The van der Waals surface area contributed by atoms with Gasteiger partial charge in [-0.3, -0.25) is 19.9 Å². The number of nitro groups is 1.